The minimum absolute atomic E-state index is 0.114. The lowest BCUT2D eigenvalue weighted by atomic mass is 10.3. The highest BCUT2D eigenvalue weighted by Gasteiger charge is 2.13. The van der Waals surface area contributed by atoms with E-state index in [-0.39, 0.29) is 12.2 Å². The van der Waals surface area contributed by atoms with Gasteiger partial charge in [-0.3, -0.25) is 10.1 Å². The van der Waals surface area contributed by atoms with Crippen LogP contribution in [0.2, 0.25) is 10.0 Å². The number of benzene rings is 1. The Morgan fingerprint density at radius 2 is 2.14 bits per heavy atom. The molecule has 8 heteroatoms. The zero-order valence-electron chi connectivity index (χ0n) is 10.9. The van der Waals surface area contributed by atoms with Crippen LogP contribution in [0.5, 0.6) is 0 Å². The van der Waals surface area contributed by atoms with Gasteiger partial charge in [0.2, 0.25) is 0 Å². The van der Waals surface area contributed by atoms with Gasteiger partial charge < -0.3 is 10.1 Å². The summed E-state index contributed by atoms with van der Waals surface area (Å²) >= 11 is 11.7. The lowest BCUT2D eigenvalue weighted by molar-refractivity contribution is -0.116. The molecule has 21 heavy (non-hydrogen) atoms. The summed E-state index contributed by atoms with van der Waals surface area (Å²) in [7, 11) is 0. The van der Waals surface area contributed by atoms with Crippen LogP contribution >= 0.6 is 23.2 Å². The minimum atomic E-state index is -0.923. The van der Waals surface area contributed by atoms with Gasteiger partial charge >= 0.3 is 6.09 Å². The highest BCUT2D eigenvalue weighted by atomic mass is 35.5. The monoisotopic (exact) mass is 327 g/mol. The molecule has 0 aliphatic heterocycles. The molecule has 0 radical (unpaired) electrons. The molecule has 0 unspecified atom stereocenters. The van der Waals surface area contributed by atoms with Gasteiger partial charge in [-0.25, -0.2) is 4.79 Å². The summed E-state index contributed by atoms with van der Waals surface area (Å²) in [5.74, 6) is -0.881. The first kappa shape index (κ1) is 16.8. The number of nitrogens with one attached hydrogen (secondary N) is 2. The van der Waals surface area contributed by atoms with Crippen molar-refractivity contribution in [2.75, 3.05) is 11.9 Å². The highest BCUT2D eigenvalue weighted by Crippen LogP contribution is 2.25. The van der Waals surface area contributed by atoms with Gasteiger partial charge in [-0.05, 0) is 25.1 Å². The molecule has 1 aromatic carbocycles. The van der Waals surface area contributed by atoms with E-state index >= 15 is 0 Å². The first-order valence-electron chi connectivity index (χ1n) is 5.78. The van der Waals surface area contributed by atoms with E-state index in [9.17, 15) is 9.59 Å². The number of carbonyl (C=O) groups excluding carboxylic acids is 2. The predicted molar refractivity (Wildman–Crippen MR) is 78.9 cm³/mol. The fraction of sp³-hybridized carbons (Fsp3) is 0.154. The Hall–Kier alpha value is -2.23. The normalized spacial score (nSPS) is 10.5. The lowest BCUT2D eigenvalue weighted by Gasteiger charge is -2.06. The standard InChI is InChI=1S/C13H11Cl2N3O3/c1-2-21-13(20)18-12(19)8(6-16)7-17-11-4-3-9(14)5-10(11)15/h3-5,7,17H,2H2,1H3,(H,18,19,20)/b8-7+. The minimum Gasteiger partial charge on any atom is -0.450 e. The maximum Gasteiger partial charge on any atom is 0.414 e. The van der Waals surface area contributed by atoms with Crippen molar-refractivity contribution >= 4 is 40.9 Å². The molecule has 0 fully saturated rings. The van der Waals surface area contributed by atoms with Crippen LogP contribution in [0, 0.1) is 11.3 Å². The Morgan fingerprint density at radius 1 is 1.43 bits per heavy atom. The topological polar surface area (TPSA) is 91.2 Å². The fourth-order valence-corrected chi connectivity index (χ4v) is 1.70. The third-order valence-electron chi connectivity index (χ3n) is 2.16. The van der Waals surface area contributed by atoms with Crippen molar-refractivity contribution in [1.82, 2.24) is 5.32 Å². The summed E-state index contributed by atoms with van der Waals surface area (Å²) in [4.78, 5) is 22.7. The summed E-state index contributed by atoms with van der Waals surface area (Å²) in [6, 6.07) is 6.34. The Morgan fingerprint density at radius 3 is 2.71 bits per heavy atom. The Kier molecular flexibility index (Phi) is 6.53. The van der Waals surface area contributed by atoms with Crippen molar-refractivity contribution in [2.45, 2.75) is 6.92 Å². The van der Waals surface area contributed by atoms with Gasteiger partial charge in [0.05, 0.1) is 17.3 Å². The molecule has 2 N–H and O–H groups in total. The van der Waals surface area contributed by atoms with E-state index in [2.05, 4.69) is 10.1 Å². The number of amides is 2. The molecule has 2 amide bonds. The van der Waals surface area contributed by atoms with Crippen molar-refractivity contribution in [3.63, 3.8) is 0 Å². The average molecular weight is 328 g/mol. The summed E-state index contributed by atoms with van der Waals surface area (Å²) < 4.78 is 4.54. The summed E-state index contributed by atoms with van der Waals surface area (Å²) in [5.41, 5.74) is 0.145. The number of imide groups is 1. The van der Waals surface area contributed by atoms with E-state index in [1.165, 1.54) is 6.07 Å². The molecule has 6 nitrogen and oxygen atoms in total. The van der Waals surface area contributed by atoms with Crippen molar-refractivity contribution in [3.05, 3.63) is 40.0 Å². The number of carbonyl (C=O) groups is 2. The maximum absolute atomic E-state index is 11.6. The first-order chi connectivity index (χ1) is 9.97. The van der Waals surface area contributed by atoms with Crippen molar-refractivity contribution in [2.24, 2.45) is 0 Å². The van der Waals surface area contributed by atoms with Crippen molar-refractivity contribution in [1.29, 1.82) is 5.26 Å². The van der Waals surface area contributed by atoms with Gasteiger partial charge in [0.25, 0.3) is 5.91 Å². The Labute approximate surface area is 131 Å². The molecule has 0 saturated heterocycles. The number of ether oxygens (including phenoxy) is 1. The Balaban J connectivity index is 2.78. The third-order valence-corrected chi connectivity index (χ3v) is 2.71. The molecule has 0 spiro atoms. The average Bonchev–Trinajstić information content (AvgIpc) is 2.41. The van der Waals surface area contributed by atoms with Crippen LogP contribution < -0.4 is 10.6 Å². The fourth-order valence-electron chi connectivity index (χ4n) is 1.23. The van der Waals surface area contributed by atoms with Gasteiger partial charge in [-0.1, -0.05) is 23.2 Å². The lowest BCUT2D eigenvalue weighted by Crippen LogP contribution is -2.32. The second kappa shape index (κ2) is 8.15. The Bertz CT molecular complexity index is 624. The summed E-state index contributed by atoms with van der Waals surface area (Å²) in [6.45, 7) is 1.71. The zero-order valence-corrected chi connectivity index (χ0v) is 12.5. The molecular weight excluding hydrogens is 317 g/mol. The predicted octanol–water partition coefficient (Wildman–Crippen LogP) is 3.09. The van der Waals surface area contributed by atoms with Gasteiger partial charge in [-0.15, -0.1) is 0 Å². The molecule has 0 heterocycles. The quantitative estimate of drug-likeness (QED) is 0.655. The van der Waals surface area contributed by atoms with Crippen LogP contribution in [0.15, 0.2) is 30.0 Å². The van der Waals surface area contributed by atoms with Gasteiger partial charge in [0.1, 0.15) is 11.6 Å². The van der Waals surface area contributed by atoms with Crippen LogP contribution in [0.1, 0.15) is 6.92 Å². The van der Waals surface area contributed by atoms with Crippen LogP contribution in [0.3, 0.4) is 0 Å². The van der Waals surface area contributed by atoms with E-state index in [1.54, 1.807) is 25.1 Å². The largest absolute Gasteiger partial charge is 0.450 e. The van der Waals surface area contributed by atoms with E-state index in [1.807, 2.05) is 5.32 Å². The van der Waals surface area contributed by atoms with Gasteiger partial charge in [0, 0.05) is 11.2 Å². The smallest absolute Gasteiger partial charge is 0.414 e. The van der Waals surface area contributed by atoms with E-state index in [4.69, 9.17) is 28.5 Å². The number of rotatable bonds is 4. The SMILES string of the molecule is CCOC(=O)NC(=O)/C(C#N)=C/Nc1ccc(Cl)cc1Cl. The molecule has 0 aromatic heterocycles. The molecular formula is C13H11Cl2N3O3. The summed E-state index contributed by atoms with van der Waals surface area (Å²) in [5, 5.41) is 14.3. The van der Waals surface area contributed by atoms with Crippen molar-refractivity contribution < 1.29 is 14.3 Å². The molecule has 110 valence electrons. The number of hydrogen-bond donors (Lipinski definition) is 2. The molecule has 1 rings (SSSR count). The molecule has 0 saturated carbocycles. The number of anilines is 1. The number of alkyl carbamates (subject to hydrolysis) is 1. The second-order valence-corrected chi connectivity index (χ2v) is 4.46. The van der Waals surface area contributed by atoms with E-state index < -0.39 is 12.0 Å². The molecule has 0 aliphatic carbocycles. The first-order valence-corrected chi connectivity index (χ1v) is 6.53. The number of hydrogen-bond acceptors (Lipinski definition) is 5. The maximum atomic E-state index is 11.6. The number of nitrogens with zero attached hydrogens (tertiary/aromatic N) is 1. The number of nitriles is 1. The third kappa shape index (κ3) is 5.34. The molecule has 0 aliphatic rings. The van der Waals surface area contributed by atoms with E-state index in [0.717, 1.165) is 6.20 Å². The van der Waals surface area contributed by atoms with E-state index in [0.29, 0.717) is 15.7 Å². The second-order valence-electron chi connectivity index (χ2n) is 3.61. The van der Waals surface area contributed by atoms with Crippen LogP contribution in [-0.2, 0) is 9.53 Å². The number of halogens is 2. The van der Waals surface area contributed by atoms with Crippen LogP contribution in [0.4, 0.5) is 10.5 Å². The molecule has 0 bridgehead atoms. The van der Waals surface area contributed by atoms with Crippen molar-refractivity contribution in [3.8, 4) is 6.07 Å². The zero-order chi connectivity index (χ0) is 15.8. The van der Waals surface area contributed by atoms with Crippen LogP contribution in [0.25, 0.3) is 0 Å². The highest BCUT2D eigenvalue weighted by molar-refractivity contribution is 6.36. The molecule has 0 atom stereocenters. The van der Waals surface area contributed by atoms with Crippen LogP contribution in [-0.4, -0.2) is 18.6 Å². The van der Waals surface area contributed by atoms with Gasteiger partial charge in [-0.2, -0.15) is 5.26 Å². The summed E-state index contributed by atoms with van der Waals surface area (Å²) in [6.07, 6.45) is 0.206. The van der Waals surface area contributed by atoms with Gasteiger partial charge in [0.15, 0.2) is 0 Å². The molecule has 1 aromatic rings.